The highest BCUT2D eigenvalue weighted by Gasteiger charge is 2.26. The van der Waals surface area contributed by atoms with E-state index in [0.717, 1.165) is 10.2 Å². The molecule has 0 aliphatic carbocycles. The second-order valence-corrected chi connectivity index (χ2v) is 10.2. The molecule has 29 heavy (non-hydrogen) atoms. The summed E-state index contributed by atoms with van der Waals surface area (Å²) in [6.45, 7) is 4.72. The predicted molar refractivity (Wildman–Crippen MR) is 120 cm³/mol. The molecular weight excluding hydrogens is 454 g/mol. The number of piperazine rings is 1. The van der Waals surface area contributed by atoms with E-state index in [1.54, 1.807) is 22.5 Å². The van der Waals surface area contributed by atoms with Crippen LogP contribution >= 0.6 is 15.9 Å². The molecule has 0 spiro atoms. The summed E-state index contributed by atoms with van der Waals surface area (Å²) in [6, 6.07) is 15.4. The van der Waals surface area contributed by atoms with Gasteiger partial charge in [-0.25, -0.2) is 8.42 Å². The van der Waals surface area contributed by atoms with Gasteiger partial charge in [-0.3, -0.25) is 4.79 Å². The SMILES string of the molecule is Cc1cccc(N2CCN(S(=O)(=O)CCCNC(=O)c3cccc(Br)c3)CC2)c1. The number of hydrogen-bond acceptors (Lipinski definition) is 4. The van der Waals surface area contributed by atoms with Gasteiger partial charge in [0.1, 0.15) is 0 Å². The fourth-order valence-electron chi connectivity index (χ4n) is 3.37. The van der Waals surface area contributed by atoms with Crippen molar-refractivity contribution in [1.82, 2.24) is 9.62 Å². The molecule has 1 fully saturated rings. The summed E-state index contributed by atoms with van der Waals surface area (Å²) in [6.07, 6.45) is 0.389. The van der Waals surface area contributed by atoms with Crippen molar-refractivity contribution in [2.45, 2.75) is 13.3 Å². The largest absolute Gasteiger partial charge is 0.369 e. The first-order chi connectivity index (χ1) is 13.8. The van der Waals surface area contributed by atoms with E-state index in [2.05, 4.69) is 51.3 Å². The van der Waals surface area contributed by atoms with Gasteiger partial charge in [-0.1, -0.05) is 34.1 Å². The monoisotopic (exact) mass is 479 g/mol. The standard InChI is InChI=1S/C21H26BrN3O3S/c1-17-5-2-8-20(15-17)24-10-12-25(13-11-24)29(27,28)14-4-9-23-21(26)18-6-3-7-19(22)16-18/h2-3,5-8,15-16H,4,9-14H2,1H3,(H,23,26). The first-order valence-corrected chi connectivity index (χ1v) is 12.1. The van der Waals surface area contributed by atoms with Crippen molar-refractivity contribution in [3.63, 3.8) is 0 Å². The van der Waals surface area contributed by atoms with Crippen LogP contribution in [-0.2, 0) is 10.0 Å². The summed E-state index contributed by atoms with van der Waals surface area (Å²) < 4.78 is 27.7. The minimum atomic E-state index is -3.32. The van der Waals surface area contributed by atoms with Gasteiger partial charge in [0.25, 0.3) is 5.91 Å². The molecule has 0 bridgehead atoms. The minimum Gasteiger partial charge on any atom is -0.369 e. The summed E-state index contributed by atoms with van der Waals surface area (Å²) in [7, 11) is -3.32. The zero-order valence-corrected chi connectivity index (χ0v) is 18.9. The number of amides is 1. The zero-order valence-electron chi connectivity index (χ0n) is 16.5. The van der Waals surface area contributed by atoms with E-state index in [-0.39, 0.29) is 11.7 Å². The molecule has 3 rings (SSSR count). The molecule has 1 saturated heterocycles. The van der Waals surface area contributed by atoms with Crippen molar-refractivity contribution >= 4 is 37.5 Å². The second kappa shape index (κ2) is 9.73. The molecule has 1 amide bonds. The average molecular weight is 480 g/mol. The van der Waals surface area contributed by atoms with E-state index >= 15 is 0 Å². The van der Waals surface area contributed by atoms with Gasteiger partial charge in [-0.2, -0.15) is 4.31 Å². The predicted octanol–water partition coefficient (Wildman–Crippen LogP) is 3.03. The molecule has 0 saturated carbocycles. The Labute approximate surface area is 181 Å². The number of carbonyl (C=O) groups is 1. The van der Waals surface area contributed by atoms with Crippen molar-refractivity contribution in [1.29, 1.82) is 0 Å². The van der Waals surface area contributed by atoms with Crippen LogP contribution in [0.1, 0.15) is 22.3 Å². The highest BCUT2D eigenvalue weighted by molar-refractivity contribution is 9.10. The summed E-state index contributed by atoms with van der Waals surface area (Å²) in [5.74, 6) is -0.161. The molecule has 1 aliphatic heterocycles. The molecule has 2 aromatic carbocycles. The van der Waals surface area contributed by atoms with Crippen LogP contribution in [0.25, 0.3) is 0 Å². The van der Waals surface area contributed by atoms with Crippen molar-refractivity contribution < 1.29 is 13.2 Å². The number of rotatable bonds is 7. The fourth-order valence-corrected chi connectivity index (χ4v) is 5.25. The first-order valence-electron chi connectivity index (χ1n) is 9.68. The number of anilines is 1. The second-order valence-electron chi connectivity index (χ2n) is 7.16. The van der Waals surface area contributed by atoms with E-state index < -0.39 is 10.0 Å². The quantitative estimate of drug-likeness (QED) is 0.619. The van der Waals surface area contributed by atoms with Crippen LogP contribution in [0.2, 0.25) is 0 Å². The van der Waals surface area contributed by atoms with Crippen LogP contribution in [0.15, 0.2) is 53.0 Å². The Morgan fingerprint density at radius 1 is 1.07 bits per heavy atom. The van der Waals surface area contributed by atoms with Crippen LogP contribution in [-0.4, -0.2) is 57.1 Å². The molecular formula is C21H26BrN3O3S. The van der Waals surface area contributed by atoms with Crippen molar-refractivity contribution in [2.24, 2.45) is 0 Å². The number of carbonyl (C=O) groups excluding carboxylic acids is 1. The average Bonchev–Trinajstić information content (AvgIpc) is 2.71. The number of nitrogens with one attached hydrogen (secondary N) is 1. The Balaban J connectivity index is 1.44. The Morgan fingerprint density at radius 2 is 1.79 bits per heavy atom. The Morgan fingerprint density at radius 3 is 2.48 bits per heavy atom. The molecule has 0 unspecified atom stereocenters. The molecule has 156 valence electrons. The summed E-state index contributed by atoms with van der Waals surface area (Å²) in [5, 5.41) is 2.78. The molecule has 0 atom stereocenters. The third-order valence-electron chi connectivity index (χ3n) is 4.95. The number of nitrogens with zero attached hydrogens (tertiary/aromatic N) is 2. The normalized spacial score (nSPS) is 15.3. The van der Waals surface area contributed by atoms with Crippen LogP contribution in [0, 0.1) is 6.92 Å². The van der Waals surface area contributed by atoms with Gasteiger partial charge < -0.3 is 10.2 Å². The lowest BCUT2D eigenvalue weighted by atomic mass is 10.2. The van der Waals surface area contributed by atoms with Gasteiger partial charge in [0.05, 0.1) is 5.75 Å². The lowest BCUT2D eigenvalue weighted by Crippen LogP contribution is -2.49. The molecule has 1 heterocycles. The van der Waals surface area contributed by atoms with E-state index in [4.69, 9.17) is 0 Å². The number of benzene rings is 2. The number of aryl methyl sites for hydroxylation is 1. The Kier molecular flexibility index (Phi) is 7.32. The van der Waals surface area contributed by atoms with Crippen LogP contribution in [0.4, 0.5) is 5.69 Å². The summed E-state index contributed by atoms with van der Waals surface area (Å²) >= 11 is 3.34. The van der Waals surface area contributed by atoms with Crippen molar-refractivity contribution in [3.8, 4) is 0 Å². The highest BCUT2D eigenvalue weighted by Crippen LogP contribution is 2.19. The topological polar surface area (TPSA) is 69.7 Å². The van der Waals surface area contributed by atoms with Gasteiger partial charge in [0, 0.05) is 48.4 Å². The molecule has 1 N–H and O–H groups in total. The maximum atomic E-state index is 12.6. The maximum absolute atomic E-state index is 12.6. The molecule has 2 aromatic rings. The van der Waals surface area contributed by atoms with Gasteiger partial charge in [0.15, 0.2) is 0 Å². The Hall–Kier alpha value is -1.90. The summed E-state index contributed by atoms with van der Waals surface area (Å²) in [4.78, 5) is 14.3. The van der Waals surface area contributed by atoms with Gasteiger partial charge in [-0.05, 0) is 49.2 Å². The molecule has 1 aliphatic rings. The van der Waals surface area contributed by atoms with E-state index in [1.807, 2.05) is 12.1 Å². The molecule has 0 radical (unpaired) electrons. The van der Waals surface area contributed by atoms with E-state index in [0.29, 0.717) is 44.7 Å². The third kappa shape index (κ3) is 6.04. The van der Waals surface area contributed by atoms with Crippen LogP contribution < -0.4 is 10.2 Å². The number of sulfonamides is 1. The van der Waals surface area contributed by atoms with E-state index in [9.17, 15) is 13.2 Å². The lowest BCUT2D eigenvalue weighted by Gasteiger charge is -2.35. The van der Waals surface area contributed by atoms with Crippen LogP contribution in [0.5, 0.6) is 0 Å². The smallest absolute Gasteiger partial charge is 0.251 e. The third-order valence-corrected chi connectivity index (χ3v) is 7.40. The zero-order chi connectivity index (χ0) is 20.9. The van der Waals surface area contributed by atoms with Crippen molar-refractivity contribution in [3.05, 3.63) is 64.1 Å². The van der Waals surface area contributed by atoms with Crippen molar-refractivity contribution in [2.75, 3.05) is 43.4 Å². The van der Waals surface area contributed by atoms with Gasteiger partial charge >= 0.3 is 0 Å². The lowest BCUT2D eigenvalue weighted by molar-refractivity contribution is 0.0953. The van der Waals surface area contributed by atoms with E-state index in [1.165, 1.54) is 5.56 Å². The molecule has 8 heteroatoms. The highest BCUT2D eigenvalue weighted by atomic mass is 79.9. The molecule has 6 nitrogen and oxygen atoms in total. The summed E-state index contributed by atoms with van der Waals surface area (Å²) in [5.41, 5.74) is 2.88. The van der Waals surface area contributed by atoms with Crippen LogP contribution in [0.3, 0.4) is 0 Å². The fraction of sp³-hybridized carbons (Fsp3) is 0.381. The molecule has 0 aromatic heterocycles. The van der Waals surface area contributed by atoms with Gasteiger partial charge in [-0.15, -0.1) is 0 Å². The number of hydrogen-bond donors (Lipinski definition) is 1. The number of halogens is 1. The first kappa shape index (κ1) is 21.8. The minimum absolute atomic E-state index is 0.0379. The maximum Gasteiger partial charge on any atom is 0.251 e. The Bertz CT molecular complexity index is 957. The van der Waals surface area contributed by atoms with Gasteiger partial charge in [0.2, 0.25) is 10.0 Å².